The number of aliphatic imine (C=N–C) groups is 1. The molecule has 32 heavy (non-hydrogen) atoms. The van der Waals surface area contributed by atoms with Crippen molar-refractivity contribution in [3.8, 4) is 5.75 Å². The second-order valence-electron chi connectivity index (χ2n) is 7.01. The largest absolute Gasteiger partial charge is 0.508 e. The predicted molar refractivity (Wildman–Crippen MR) is 120 cm³/mol. The molecule has 0 unspecified atom stereocenters. The number of carbonyl (C=O) groups excluding carboxylic acids is 2. The predicted octanol–water partition coefficient (Wildman–Crippen LogP) is 0.591. The Balaban J connectivity index is 2.18. The van der Waals surface area contributed by atoms with Gasteiger partial charge < -0.3 is 38.0 Å². The van der Waals surface area contributed by atoms with Crippen LogP contribution in [-0.4, -0.2) is 46.5 Å². The third kappa shape index (κ3) is 7.52. The number of nitrogens with zero attached hydrogens (tertiary/aromatic N) is 1. The molecule has 0 radical (unpaired) electrons. The van der Waals surface area contributed by atoms with E-state index in [0.29, 0.717) is 30.6 Å². The zero-order valence-corrected chi connectivity index (χ0v) is 17.2. The number of primary amides is 1. The summed E-state index contributed by atoms with van der Waals surface area (Å²) in [6.07, 6.45) is 0.775. The van der Waals surface area contributed by atoms with Crippen LogP contribution in [0.2, 0.25) is 0 Å². The third-order valence-electron chi connectivity index (χ3n) is 4.46. The van der Waals surface area contributed by atoms with Gasteiger partial charge in [0.05, 0.1) is 23.4 Å². The summed E-state index contributed by atoms with van der Waals surface area (Å²) in [7, 11) is 0. The Bertz CT molecular complexity index is 1000. The van der Waals surface area contributed by atoms with Gasteiger partial charge in [-0.3, -0.25) is 14.6 Å². The molecule has 0 bridgehead atoms. The summed E-state index contributed by atoms with van der Waals surface area (Å²) in [5.41, 5.74) is 17.2. The molecule has 0 aliphatic carbocycles. The van der Waals surface area contributed by atoms with E-state index >= 15 is 0 Å². The minimum atomic E-state index is -1.17. The number of rotatable bonds is 11. The molecule has 0 aliphatic heterocycles. The molecular weight excluding hydrogens is 416 g/mol. The molecule has 1 atom stereocenters. The molecule has 2 rings (SSSR count). The van der Waals surface area contributed by atoms with Crippen LogP contribution in [0.1, 0.15) is 28.8 Å². The van der Waals surface area contributed by atoms with E-state index in [-0.39, 0.29) is 29.4 Å². The first-order chi connectivity index (χ1) is 15.2. The van der Waals surface area contributed by atoms with Gasteiger partial charge in [0.25, 0.3) is 0 Å². The maximum Gasteiger partial charge on any atom is 0.335 e. The van der Waals surface area contributed by atoms with Gasteiger partial charge in [-0.1, -0.05) is 12.1 Å². The highest BCUT2D eigenvalue weighted by molar-refractivity contribution is 5.99. The standard InChI is InChI=1S/C21H26N6O5/c22-19(30)16(2-1-9-25-21(23)24)26-15-8-5-13(20(31)32)11-17(15)27-18(29)10-12-3-6-14(28)7-4-12/h3-8,11,16,26,28H,1-2,9-10H2,(H2,22,30)(H,27,29)(H,31,32)(H4,23,24,25)/t16-/m0/s1. The lowest BCUT2D eigenvalue weighted by Crippen LogP contribution is -2.36. The number of benzene rings is 2. The number of carbonyl (C=O) groups is 3. The monoisotopic (exact) mass is 442 g/mol. The van der Waals surface area contributed by atoms with Crippen LogP contribution in [0.15, 0.2) is 47.5 Å². The maximum atomic E-state index is 12.5. The molecule has 0 fully saturated rings. The SMILES string of the molecule is NC(=O)[C@H](CCCN=C(N)N)Nc1ccc(C(=O)O)cc1NC(=O)Cc1ccc(O)cc1. The van der Waals surface area contributed by atoms with E-state index < -0.39 is 23.8 Å². The smallest absolute Gasteiger partial charge is 0.335 e. The number of hydrogen-bond donors (Lipinski definition) is 7. The number of nitrogens with two attached hydrogens (primary N) is 3. The highest BCUT2D eigenvalue weighted by atomic mass is 16.4. The molecular formula is C21H26N6O5. The molecule has 11 heteroatoms. The Hall–Kier alpha value is -4.28. The minimum Gasteiger partial charge on any atom is -0.508 e. The average molecular weight is 442 g/mol. The van der Waals surface area contributed by atoms with Gasteiger partial charge in [0.15, 0.2) is 5.96 Å². The maximum absolute atomic E-state index is 12.5. The number of carboxylic acids is 1. The molecule has 0 spiro atoms. The first-order valence-electron chi connectivity index (χ1n) is 9.72. The van der Waals surface area contributed by atoms with Crippen LogP contribution in [0.3, 0.4) is 0 Å². The van der Waals surface area contributed by atoms with E-state index in [2.05, 4.69) is 15.6 Å². The normalized spacial score (nSPS) is 11.2. The summed E-state index contributed by atoms with van der Waals surface area (Å²) in [6, 6.07) is 9.40. The number of amides is 2. The number of aromatic carboxylic acids is 1. The minimum absolute atomic E-state index is 0.00518. The fourth-order valence-electron chi connectivity index (χ4n) is 2.88. The van der Waals surface area contributed by atoms with Gasteiger partial charge >= 0.3 is 5.97 Å². The van der Waals surface area contributed by atoms with Crippen LogP contribution < -0.4 is 27.8 Å². The Morgan fingerprint density at radius 3 is 2.28 bits per heavy atom. The molecule has 2 amide bonds. The number of anilines is 2. The lowest BCUT2D eigenvalue weighted by Gasteiger charge is -2.20. The number of phenols is 1. The van der Waals surface area contributed by atoms with Crippen molar-refractivity contribution < 1.29 is 24.6 Å². The Labute approximate surface area is 184 Å². The second-order valence-corrected chi connectivity index (χ2v) is 7.01. The summed E-state index contributed by atoms with van der Waals surface area (Å²) < 4.78 is 0. The van der Waals surface area contributed by atoms with Gasteiger partial charge in [-0.2, -0.15) is 0 Å². The van der Waals surface area contributed by atoms with Gasteiger partial charge in [0, 0.05) is 6.54 Å². The summed E-state index contributed by atoms with van der Waals surface area (Å²) in [5, 5.41) is 24.3. The number of nitrogens with one attached hydrogen (secondary N) is 2. The van der Waals surface area contributed by atoms with Crippen molar-refractivity contribution in [2.45, 2.75) is 25.3 Å². The zero-order chi connectivity index (χ0) is 23.7. The summed E-state index contributed by atoms with van der Waals surface area (Å²) >= 11 is 0. The van der Waals surface area contributed by atoms with Crippen molar-refractivity contribution >= 4 is 35.1 Å². The first-order valence-corrected chi connectivity index (χ1v) is 9.72. The van der Waals surface area contributed by atoms with E-state index in [0.717, 1.165) is 0 Å². The lowest BCUT2D eigenvalue weighted by atomic mass is 10.1. The number of phenolic OH excluding ortho intramolecular Hbond substituents is 1. The molecule has 0 saturated heterocycles. The molecule has 2 aromatic carbocycles. The fraction of sp³-hybridized carbons (Fsp3) is 0.238. The van der Waals surface area contributed by atoms with Gasteiger partial charge in [-0.15, -0.1) is 0 Å². The topological polar surface area (TPSA) is 206 Å². The van der Waals surface area contributed by atoms with Crippen LogP contribution in [0.25, 0.3) is 0 Å². The van der Waals surface area contributed by atoms with E-state index in [1.165, 1.54) is 30.3 Å². The van der Waals surface area contributed by atoms with Crippen LogP contribution in [-0.2, 0) is 16.0 Å². The molecule has 0 heterocycles. The van der Waals surface area contributed by atoms with E-state index in [1.807, 2.05) is 0 Å². The fourth-order valence-corrected chi connectivity index (χ4v) is 2.88. The molecule has 2 aromatic rings. The van der Waals surface area contributed by atoms with E-state index in [1.54, 1.807) is 12.1 Å². The summed E-state index contributed by atoms with van der Waals surface area (Å²) in [4.78, 5) is 39.6. The van der Waals surface area contributed by atoms with E-state index in [9.17, 15) is 24.6 Å². The number of guanidine groups is 1. The van der Waals surface area contributed by atoms with Crippen molar-refractivity contribution in [1.29, 1.82) is 0 Å². The number of hydrogen-bond acceptors (Lipinski definition) is 6. The van der Waals surface area contributed by atoms with Crippen LogP contribution >= 0.6 is 0 Å². The van der Waals surface area contributed by atoms with Crippen molar-refractivity contribution in [2.75, 3.05) is 17.2 Å². The van der Waals surface area contributed by atoms with Crippen molar-refractivity contribution in [3.63, 3.8) is 0 Å². The highest BCUT2D eigenvalue weighted by Crippen LogP contribution is 2.25. The first kappa shape index (κ1) is 24.0. The van der Waals surface area contributed by atoms with Gasteiger partial charge in [0.2, 0.25) is 11.8 Å². The molecule has 10 N–H and O–H groups in total. The van der Waals surface area contributed by atoms with Gasteiger partial charge in [0.1, 0.15) is 11.8 Å². The molecule has 0 saturated carbocycles. The quantitative estimate of drug-likeness (QED) is 0.148. The molecule has 11 nitrogen and oxygen atoms in total. The number of aromatic hydroxyl groups is 1. The van der Waals surface area contributed by atoms with Crippen molar-refractivity contribution in [2.24, 2.45) is 22.2 Å². The summed E-state index contributed by atoms with van der Waals surface area (Å²) in [5.74, 6) is -2.19. The average Bonchev–Trinajstić information content (AvgIpc) is 2.72. The van der Waals surface area contributed by atoms with Crippen LogP contribution in [0, 0.1) is 0 Å². The molecule has 170 valence electrons. The Morgan fingerprint density at radius 1 is 1.00 bits per heavy atom. The second kappa shape index (κ2) is 11.2. The zero-order valence-electron chi connectivity index (χ0n) is 17.2. The van der Waals surface area contributed by atoms with Gasteiger partial charge in [-0.05, 0) is 48.7 Å². The highest BCUT2D eigenvalue weighted by Gasteiger charge is 2.18. The lowest BCUT2D eigenvalue weighted by molar-refractivity contribution is -0.119. The summed E-state index contributed by atoms with van der Waals surface area (Å²) in [6.45, 7) is 0.308. The Kier molecular flexibility index (Phi) is 8.40. The van der Waals surface area contributed by atoms with Crippen molar-refractivity contribution in [3.05, 3.63) is 53.6 Å². The van der Waals surface area contributed by atoms with Crippen molar-refractivity contribution in [1.82, 2.24) is 0 Å². The Morgan fingerprint density at radius 2 is 1.69 bits per heavy atom. The molecule has 0 aromatic heterocycles. The van der Waals surface area contributed by atoms with Crippen LogP contribution in [0.5, 0.6) is 5.75 Å². The number of carboxylic acid groups (broad SMARTS) is 1. The third-order valence-corrected chi connectivity index (χ3v) is 4.46. The van der Waals surface area contributed by atoms with Gasteiger partial charge in [-0.25, -0.2) is 4.79 Å². The van der Waals surface area contributed by atoms with E-state index in [4.69, 9.17) is 17.2 Å². The van der Waals surface area contributed by atoms with Crippen LogP contribution in [0.4, 0.5) is 11.4 Å². The molecule has 0 aliphatic rings.